The van der Waals surface area contributed by atoms with Gasteiger partial charge in [-0.25, -0.2) is 23.4 Å². The van der Waals surface area contributed by atoms with E-state index in [-0.39, 0.29) is 36.1 Å². The Balaban J connectivity index is 1.50. The van der Waals surface area contributed by atoms with E-state index in [0.717, 1.165) is 36.6 Å². The van der Waals surface area contributed by atoms with E-state index in [2.05, 4.69) is 15.5 Å². The number of carbonyl (C=O) groups is 4. The van der Waals surface area contributed by atoms with E-state index < -0.39 is 45.7 Å². The molecule has 0 aliphatic heterocycles. The molecule has 3 aromatic rings. The van der Waals surface area contributed by atoms with Gasteiger partial charge in [-0.15, -0.1) is 0 Å². The van der Waals surface area contributed by atoms with Crippen molar-refractivity contribution in [3.8, 4) is 0 Å². The molecule has 0 spiro atoms. The summed E-state index contributed by atoms with van der Waals surface area (Å²) < 4.78 is 41.5. The number of nitrogens with one attached hydrogen (secondary N) is 3. The van der Waals surface area contributed by atoms with Crippen LogP contribution in [0.15, 0.2) is 83.1 Å². The monoisotopic (exact) mass is 678 g/mol. The van der Waals surface area contributed by atoms with Gasteiger partial charge >= 0.3 is 12.1 Å². The number of sulfonamides is 1. The first kappa shape index (κ1) is 34.2. The zero-order chi connectivity index (χ0) is 34.5. The van der Waals surface area contributed by atoms with Crippen LogP contribution in [0.4, 0.5) is 4.79 Å². The highest BCUT2D eigenvalue weighted by molar-refractivity contribution is 7.90. The average Bonchev–Trinajstić information content (AvgIpc) is 3.68. The lowest BCUT2D eigenvalue weighted by Crippen LogP contribution is -2.53. The van der Waals surface area contributed by atoms with Gasteiger partial charge in [-0.2, -0.15) is 0 Å². The SMILES string of the molecule is COC1=CC(Cc2cn(NC(=O)OC3CCCC3)c3ccccc23)=CC(C(=O)NCCC(=O)O)(C(=O)NS(=O)(=O)c2ccccc2C)C1. The second-order valence-electron chi connectivity index (χ2n) is 11.9. The molecule has 1 unspecified atom stereocenters. The molecule has 4 N–H and O–H groups in total. The number of ether oxygens (including phenoxy) is 2. The summed E-state index contributed by atoms with van der Waals surface area (Å²) >= 11 is 0. The minimum absolute atomic E-state index is 0.130. The van der Waals surface area contributed by atoms with Gasteiger partial charge in [0.25, 0.3) is 15.9 Å². The number of allylic oxidation sites excluding steroid dienone is 3. The molecule has 0 bridgehead atoms. The Morgan fingerprint density at radius 3 is 2.44 bits per heavy atom. The van der Waals surface area contributed by atoms with Crippen molar-refractivity contribution >= 4 is 44.8 Å². The van der Waals surface area contributed by atoms with Gasteiger partial charge in [0.15, 0.2) is 5.41 Å². The molecule has 2 aliphatic rings. The Kier molecular flexibility index (Phi) is 10.2. The summed E-state index contributed by atoms with van der Waals surface area (Å²) in [6.45, 7) is 1.29. The average molecular weight is 679 g/mol. The summed E-state index contributed by atoms with van der Waals surface area (Å²) in [6.07, 6.45) is 7.13. The molecule has 254 valence electrons. The largest absolute Gasteiger partial charge is 0.501 e. The van der Waals surface area contributed by atoms with Crippen LogP contribution >= 0.6 is 0 Å². The summed E-state index contributed by atoms with van der Waals surface area (Å²) in [5, 5.41) is 12.4. The van der Waals surface area contributed by atoms with Crippen LogP contribution in [0.1, 0.15) is 49.7 Å². The first-order valence-electron chi connectivity index (χ1n) is 15.6. The number of hydrogen-bond donors (Lipinski definition) is 4. The molecule has 0 radical (unpaired) electrons. The minimum atomic E-state index is -4.41. The summed E-state index contributed by atoms with van der Waals surface area (Å²) in [4.78, 5) is 51.6. The third-order valence-electron chi connectivity index (χ3n) is 8.52. The molecule has 1 heterocycles. The topological polar surface area (TPSA) is 182 Å². The number of carbonyl (C=O) groups excluding carboxylic acids is 3. The number of carboxylic acid groups (broad SMARTS) is 1. The smallest absolute Gasteiger partial charge is 0.426 e. The van der Waals surface area contributed by atoms with E-state index in [1.807, 2.05) is 24.3 Å². The number of para-hydroxylation sites is 1. The van der Waals surface area contributed by atoms with Crippen molar-refractivity contribution in [3.63, 3.8) is 0 Å². The van der Waals surface area contributed by atoms with Crippen LogP contribution in [0, 0.1) is 12.3 Å². The third-order valence-corrected chi connectivity index (χ3v) is 10.0. The maximum absolute atomic E-state index is 14.0. The maximum atomic E-state index is 14.0. The molecule has 2 aromatic carbocycles. The number of hydrogen-bond acceptors (Lipinski definition) is 8. The number of rotatable bonds is 12. The predicted octanol–water partition coefficient (Wildman–Crippen LogP) is 4.06. The highest BCUT2D eigenvalue weighted by atomic mass is 32.2. The zero-order valence-corrected chi connectivity index (χ0v) is 27.5. The van der Waals surface area contributed by atoms with Crippen LogP contribution < -0.4 is 15.5 Å². The van der Waals surface area contributed by atoms with Gasteiger partial charge in [-0.05, 0) is 73.9 Å². The number of carboxylic acids is 1. The van der Waals surface area contributed by atoms with Gasteiger partial charge < -0.3 is 19.9 Å². The van der Waals surface area contributed by atoms with Crippen LogP contribution in [-0.2, 0) is 40.3 Å². The van der Waals surface area contributed by atoms with E-state index in [9.17, 15) is 27.6 Å². The molecule has 13 nitrogen and oxygen atoms in total. The number of fused-ring (bicyclic) bond motifs is 1. The second kappa shape index (κ2) is 14.3. The first-order valence-corrected chi connectivity index (χ1v) is 17.1. The van der Waals surface area contributed by atoms with Crippen LogP contribution in [-0.4, -0.2) is 61.8 Å². The molecule has 1 saturated carbocycles. The lowest BCUT2D eigenvalue weighted by molar-refractivity contribution is -0.140. The quantitative estimate of drug-likeness (QED) is 0.205. The highest BCUT2D eigenvalue weighted by Crippen LogP contribution is 2.38. The Hall–Kier alpha value is -5.11. The summed E-state index contributed by atoms with van der Waals surface area (Å²) in [5.74, 6) is -2.95. The molecular weight excluding hydrogens is 640 g/mol. The van der Waals surface area contributed by atoms with Crippen LogP contribution in [0.2, 0.25) is 0 Å². The zero-order valence-electron chi connectivity index (χ0n) is 26.7. The molecular formula is C34H38N4O9S. The first-order chi connectivity index (χ1) is 22.9. The molecule has 1 aromatic heterocycles. The van der Waals surface area contributed by atoms with Gasteiger partial charge in [-0.3, -0.25) is 19.1 Å². The number of nitrogens with zero attached hydrogens (tertiary/aromatic N) is 1. The van der Waals surface area contributed by atoms with E-state index in [1.165, 1.54) is 25.3 Å². The molecule has 14 heteroatoms. The predicted molar refractivity (Wildman–Crippen MR) is 176 cm³/mol. The van der Waals surface area contributed by atoms with Gasteiger partial charge in [0.05, 0.1) is 29.7 Å². The van der Waals surface area contributed by atoms with Crippen molar-refractivity contribution in [2.45, 2.75) is 62.9 Å². The Morgan fingerprint density at radius 2 is 1.73 bits per heavy atom. The van der Waals surface area contributed by atoms with Gasteiger partial charge in [0, 0.05) is 24.5 Å². The van der Waals surface area contributed by atoms with Gasteiger partial charge in [-0.1, -0.05) is 42.5 Å². The van der Waals surface area contributed by atoms with E-state index in [0.29, 0.717) is 16.7 Å². The molecule has 48 heavy (non-hydrogen) atoms. The van der Waals surface area contributed by atoms with Crippen LogP contribution in [0.3, 0.4) is 0 Å². The fourth-order valence-corrected chi connectivity index (χ4v) is 7.41. The van der Waals surface area contributed by atoms with Crippen molar-refractivity contribution in [3.05, 3.63) is 89.3 Å². The van der Waals surface area contributed by atoms with Gasteiger partial charge in [0.2, 0.25) is 5.91 Å². The fraction of sp³-hybridized carbons (Fsp3) is 0.353. The lowest BCUT2D eigenvalue weighted by Gasteiger charge is -2.32. The number of amides is 3. The highest BCUT2D eigenvalue weighted by Gasteiger charge is 2.48. The van der Waals surface area contributed by atoms with Crippen molar-refractivity contribution in [2.24, 2.45) is 5.41 Å². The van der Waals surface area contributed by atoms with E-state index in [4.69, 9.17) is 14.6 Å². The van der Waals surface area contributed by atoms with Crippen molar-refractivity contribution in [2.75, 3.05) is 19.1 Å². The normalized spacial score (nSPS) is 18.0. The summed E-state index contributed by atoms with van der Waals surface area (Å²) in [7, 11) is -3.04. The number of aromatic nitrogens is 1. The van der Waals surface area contributed by atoms with Crippen LogP contribution in [0.5, 0.6) is 0 Å². The van der Waals surface area contributed by atoms with E-state index in [1.54, 1.807) is 36.0 Å². The third kappa shape index (κ3) is 7.54. The molecule has 5 rings (SSSR count). The number of aryl methyl sites for hydroxylation is 1. The van der Waals surface area contributed by atoms with Crippen molar-refractivity contribution < 1.29 is 42.2 Å². The van der Waals surface area contributed by atoms with Gasteiger partial charge in [0.1, 0.15) is 6.10 Å². The molecule has 0 saturated heterocycles. The lowest BCUT2D eigenvalue weighted by atomic mass is 9.76. The standard InChI is InChI=1S/C34H38N4O9S/c1-22-9-3-8-14-29(22)48(44,45)37-32(42)34(31(41)35-16-15-30(39)40)19-23(18-26(20-34)46-2)17-24-21-38(28-13-7-6-12-27(24)28)36-33(43)47-25-10-4-5-11-25/h3,6-9,12-14,18-19,21,25H,4-5,10-11,15-17,20H2,1-2H3,(H,35,41)(H,36,43)(H,37,42)(H,39,40). The fourth-order valence-electron chi connectivity index (χ4n) is 6.12. The summed E-state index contributed by atoms with van der Waals surface area (Å²) in [5.41, 5.74) is 2.90. The van der Waals surface area contributed by atoms with Crippen LogP contribution in [0.25, 0.3) is 10.9 Å². The Labute approximate surface area is 278 Å². The van der Waals surface area contributed by atoms with Crippen molar-refractivity contribution in [1.82, 2.24) is 14.7 Å². The molecule has 1 atom stereocenters. The second-order valence-corrected chi connectivity index (χ2v) is 13.6. The van der Waals surface area contributed by atoms with E-state index >= 15 is 0 Å². The maximum Gasteiger partial charge on any atom is 0.426 e. The minimum Gasteiger partial charge on any atom is -0.501 e. The summed E-state index contributed by atoms with van der Waals surface area (Å²) in [6, 6.07) is 13.4. The Morgan fingerprint density at radius 1 is 1.02 bits per heavy atom. The molecule has 2 aliphatic carbocycles. The van der Waals surface area contributed by atoms with Crippen molar-refractivity contribution in [1.29, 1.82) is 0 Å². The number of methoxy groups -OCH3 is 1. The Bertz CT molecular complexity index is 1910. The number of aliphatic carboxylic acids is 1. The number of benzene rings is 2. The molecule has 3 amide bonds. The molecule has 1 fully saturated rings.